The van der Waals surface area contributed by atoms with Crippen LogP contribution in [0.25, 0.3) is 0 Å². The number of carbonyl (C=O) groups is 5. The van der Waals surface area contributed by atoms with Crippen molar-refractivity contribution in [1.29, 1.82) is 0 Å². The molecule has 0 aromatic heterocycles. The Morgan fingerprint density at radius 3 is 1.85 bits per heavy atom. The summed E-state index contributed by atoms with van der Waals surface area (Å²) in [5, 5.41) is 0. The number of esters is 4. The molecule has 0 aliphatic heterocycles. The highest BCUT2D eigenvalue weighted by Gasteiger charge is 2.70. The molecule has 4 rings (SSSR count). The number of Topliss-reactive ketones (excluding diaryl/α,β-unsaturated/α-hetero) is 1. The van der Waals surface area contributed by atoms with E-state index in [4.69, 9.17) is 37.9 Å². The molecule has 0 aromatic rings. The maximum Gasteiger partial charge on any atom is 0.332 e. The number of ketones is 1. The Balaban J connectivity index is 1.80. The molecule has 0 N–H and O–H groups in total. The zero-order valence-corrected chi connectivity index (χ0v) is 38.1. The van der Waals surface area contributed by atoms with E-state index in [0.29, 0.717) is 38.4 Å². The Hall–Kier alpha value is -2.87. The van der Waals surface area contributed by atoms with Crippen molar-refractivity contribution in [3.05, 3.63) is 11.1 Å². The minimum Gasteiger partial charge on any atom is -0.460 e. The van der Waals surface area contributed by atoms with Crippen molar-refractivity contribution in [3.63, 3.8) is 0 Å². The fourth-order valence-electron chi connectivity index (χ4n) is 11.8. The Morgan fingerprint density at radius 2 is 1.27 bits per heavy atom. The highest BCUT2D eigenvalue weighted by atomic mass is 16.6. The van der Waals surface area contributed by atoms with Crippen LogP contribution < -0.4 is 0 Å². The average Bonchev–Trinajstić information content (AvgIpc) is 3.52. The van der Waals surface area contributed by atoms with Crippen molar-refractivity contribution < 1.29 is 61.9 Å². The minimum atomic E-state index is -1.46. The maximum absolute atomic E-state index is 13.5. The summed E-state index contributed by atoms with van der Waals surface area (Å²) in [6.07, 6.45) is 2.76. The van der Waals surface area contributed by atoms with E-state index in [9.17, 15) is 24.0 Å². The predicted molar refractivity (Wildman–Crippen MR) is 219 cm³/mol. The van der Waals surface area contributed by atoms with Gasteiger partial charge in [0.15, 0.2) is 6.10 Å². The quantitative estimate of drug-likeness (QED) is 0.0653. The monoisotopic (exact) mass is 835 g/mol. The Bertz CT molecular complexity index is 1550. The standard InChI is InChI=1S/C46H74O13/c1-13-52-25-36(48)56-32-24-31-30(17-21-45(31,11)46(12)22-18-34-42(6,7)35(47)19-20-44(34,10)40(32)46)29(5)23-33(57-37(49)26-53-14-2)41(58-38(50)27-54-15-3)43(8,9)59-39(51)28-55-16-4/h29,32-34,40-41H,13-28H2,1-12H3/t29-,32+,33+,34+,40+,41-,44+,45+,46+/m1/s1. The average molecular weight is 835 g/mol. The van der Waals surface area contributed by atoms with Crippen molar-refractivity contribution in [3.8, 4) is 0 Å². The molecule has 3 fully saturated rings. The molecule has 0 aromatic carbocycles. The lowest BCUT2D eigenvalue weighted by molar-refractivity contribution is -0.219. The lowest BCUT2D eigenvalue weighted by Crippen LogP contribution is -2.66. The molecular formula is C46H74O13. The SMILES string of the molecule is CCOCC(=O)O[C@@H](C[C@@H](C)C1=C2C[C@H](OC(=O)COCC)[C@H]3[C@@]4(C)CCC(=O)C(C)(C)[C@@H]4CC[C@]3(C)[C@@]2(C)CC1)[C@@H](OC(=O)COCC)C(C)(C)OC(=O)COCC. The van der Waals surface area contributed by atoms with Gasteiger partial charge in [-0.3, -0.25) is 4.79 Å². The molecule has 0 heterocycles. The van der Waals surface area contributed by atoms with Crippen LogP contribution in [0, 0.1) is 39.4 Å². The van der Waals surface area contributed by atoms with Gasteiger partial charge in [-0.15, -0.1) is 0 Å². The summed E-state index contributed by atoms with van der Waals surface area (Å²) in [5.74, 6) is -2.13. The maximum atomic E-state index is 13.5. The molecule has 0 radical (unpaired) electrons. The van der Waals surface area contributed by atoms with Crippen LogP contribution in [0.5, 0.6) is 0 Å². The van der Waals surface area contributed by atoms with Crippen LogP contribution in [0.15, 0.2) is 11.1 Å². The van der Waals surface area contributed by atoms with Crippen molar-refractivity contribution in [2.24, 2.45) is 39.4 Å². The molecule has 0 saturated heterocycles. The first-order chi connectivity index (χ1) is 27.7. The van der Waals surface area contributed by atoms with Crippen LogP contribution in [0.4, 0.5) is 0 Å². The molecule has 13 nitrogen and oxygen atoms in total. The second kappa shape index (κ2) is 19.9. The van der Waals surface area contributed by atoms with Gasteiger partial charge in [0.25, 0.3) is 0 Å². The summed E-state index contributed by atoms with van der Waals surface area (Å²) in [6, 6.07) is 0. The topological polar surface area (TPSA) is 159 Å². The fraction of sp³-hybridized carbons (Fsp3) is 0.848. The number of rotatable bonds is 21. The molecule has 0 unspecified atom stereocenters. The minimum absolute atomic E-state index is 0.00341. The second-order valence-corrected chi connectivity index (χ2v) is 18.9. The van der Waals surface area contributed by atoms with E-state index in [1.54, 1.807) is 34.6 Å². The zero-order chi connectivity index (χ0) is 44.0. The summed E-state index contributed by atoms with van der Waals surface area (Å²) in [7, 11) is 0. The van der Waals surface area contributed by atoms with Crippen LogP contribution in [-0.2, 0) is 61.9 Å². The largest absolute Gasteiger partial charge is 0.460 e. The van der Waals surface area contributed by atoms with Crippen LogP contribution in [-0.4, -0.2) is 106 Å². The Labute approximate surface area is 352 Å². The summed E-state index contributed by atoms with van der Waals surface area (Å²) < 4.78 is 46.2. The summed E-state index contributed by atoms with van der Waals surface area (Å²) in [6.45, 7) is 23.9. The number of allylic oxidation sites excluding steroid dienone is 1. The molecule has 336 valence electrons. The van der Waals surface area contributed by atoms with Gasteiger partial charge >= 0.3 is 23.9 Å². The van der Waals surface area contributed by atoms with Gasteiger partial charge in [0.2, 0.25) is 0 Å². The molecule has 4 aliphatic rings. The Kier molecular flexibility index (Phi) is 16.4. The van der Waals surface area contributed by atoms with Gasteiger partial charge in [0.1, 0.15) is 50.0 Å². The molecule has 59 heavy (non-hydrogen) atoms. The lowest BCUT2D eigenvalue weighted by atomic mass is 9.36. The molecule has 9 atom stereocenters. The van der Waals surface area contributed by atoms with E-state index in [-0.39, 0.29) is 73.5 Å². The van der Waals surface area contributed by atoms with Gasteiger partial charge in [0.05, 0.1) is 0 Å². The van der Waals surface area contributed by atoms with Crippen molar-refractivity contribution in [2.45, 2.75) is 158 Å². The normalized spacial score (nSPS) is 30.3. The summed E-state index contributed by atoms with van der Waals surface area (Å²) >= 11 is 0. The van der Waals surface area contributed by atoms with Gasteiger partial charge < -0.3 is 37.9 Å². The van der Waals surface area contributed by atoms with E-state index in [1.807, 2.05) is 6.92 Å². The van der Waals surface area contributed by atoms with E-state index >= 15 is 0 Å². The zero-order valence-electron chi connectivity index (χ0n) is 38.1. The van der Waals surface area contributed by atoms with E-state index in [1.165, 1.54) is 11.1 Å². The third kappa shape index (κ3) is 10.3. The van der Waals surface area contributed by atoms with E-state index in [0.717, 1.165) is 32.1 Å². The molecule has 4 aliphatic carbocycles. The first kappa shape index (κ1) is 48.8. The van der Waals surface area contributed by atoms with Gasteiger partial charge in [-0.25, -0.2) is 19.2 Å². The third-order valence-corrected chi connectivity index (χ3v) is 14.7. The van der Waals surface area contributed by atoms with Crippen molar-refractivity contribution in [2.75, 3.05) is 52.9 Å². The highest BCUT2D eigenvalue weighted by molar-refractivity contribution is 5.85. The van der Waals surface area contributed by atoms with Crippen LogP contribution in [0.1, 0.15) is 134 Å². The highest BCUT2D eigenvalue weighted by Crippen LogP contribution is 2.74. The van der Waals surface area contributed by atoms with Crippen molar-refractivity contribution >= 4 is 29.7 Å². The molecule has 3 saturated carbocycles. The number of ether oxygens (including phenoxy) is 8. The number of carbonyl (C=O) groups excluding carboxylic acids is 5. The van der Waals surface area contributed by atoms with Gasteiger partial charge in [-0.05, 0) is 108 Å². The van der Waals surface area contributed by atoms with Crippen LogP contribution in [0.2, 0.25) is 0 Å². The first-order valence-corrected chi connectivity index (χ1v) is 22.0. The van der Waals surface area contributed by atoms with Gasteiger partial charge in [-0.1, -0.05) is 52.7 Å². The molecule has 13 heteroatoms. The summed E-state index contributed by atoms with van der Waals surface area (Å²) in [5.41, 5.74) is -0.252. The Morgan fingerprint density at radius 1 is 0.729 bits per heavy atom. The summed E-state index contributed by atoms with van der Waals surface area (Å²) in [4.78, 5) is 66.4. The molecule has 0 amide bonds. The van der Waals surface area contributed by atoms with Crippen molar-refractivity contribution in [1.82, 2.24) is 0 Å². The van der Waals surface area contributed by atoms with Gasteiger partial charge in [-0.2, -0.15) is 0 Å². The van der Waals surface area contributed by atoms with E-state index in [2.05, 4.69) is 41.5 Å². The number of fused-ring (bicyclic) bond motifs is 5. The molecule has 0 spiro atoms. The van der Waals surface area contributed by atoms with Crippen LogP contribution in [0.3, 0.4) is 0 Å². The lowest BCUT2D eigenvalue weighted by Gasteiger charge is -2.69. The number of hydrogen-bond donors (Lipinski definition) is 0. The molecule has 0 bridgehead atoms. The van der Waals surface area contributed by atoms with Crippen LogP contribution >= 0.6 is 0 Å². The predicted octanol–water partition coefficient (Wildman–Crippen LogP) is 7.14. The fourth-order valence-corrected chi connectivity index (χ4v) is 11.8. The molecular weight excluding hydrogens is 760 g/mol. The number of hydrogen-bond acceptors (Lipinski definition) is 13. The second-order valence-electron chi connectivity index (χ2n) is 18.9. The van der Waals surface area contributed by atoms with E-state index < -0.39 is 53.2 Å². The third-order valence-electron chi connectivity index (χ3n) is 14.7. The smallest absolute Gasteiger partial charge is 0.332 e. The van der Waals surface area contributed by atoms with Gasteiger partial charge in [0, 0.05) is 50.6 Å². The first-order valence-electron chi connectivity index (χ1n) is 22.0.